The first-order valence-electron chi connectivity index (χ1n) is 2.95. The summed E-state index contributed by atoms with van der Waals surface area (Å²) in [7, 11) is 0. The molecule has 4 heteroatoms. The van der Waals surface area contributed by atoms with Gasteiger partial charge in [-0.25, -0.2) is 4.98 Å². The predicted octanol–water partition coefficient (Wildman–Crippen LogP) is 0.747. The van der Waals surface area contributed by atoms with E-state index in [9.17, 15) is 9.28 Å². The van der Waals surface area contributed by atoms with Crippen molar-refractivity contribution in [1.82, 2.24) is 9.77 Å². The van der Waals surface area contributed by atoms with Gasteiger partial charge in [0.1, 0.15) is 12.6 Å². The summed E-state index contributed by atoms with van der Waals surface area (Å²) in [6.45, 7) is 0. The Labute approximate surface area is 57.4 Å². The average molecular weight is 142 g/mol. The molecule has 1 rings (SSSR count). The molecule has 0 spiro atoms. The number of aromatic nitrogens is 2. The zero-order valence-corrected chi connectivity index (χ0v) is 5.33. The highest BCUT2D eigenvalue weighted by Crippen LogP contribution is 2.00. The summed E-state index contributed by atoms with van der Waals surface area (Å²) in [5.74, 6) is 0. The zero-order valence-electron chi connectivity index (χ0n) is 5.33. The van der Waals surface area contributed by atoms with Gasteiger partial charge in [0.05, 0.1) is 11.9 Å². The van der Waals surface area contributed by atoms with Crippen molar-refractivity contribution in [2.45, 2.75) is 12.8 Å². The van der Waals surface area contributed by atoms with Gasteiger partial charge in [-0.3, -0.25) is 0 Å². The van der Waals surface area contributed by atoms with Crippen molar-refractivity contribution in [3.05, 3.63) is 18.2 Å². The number of halogens is 1. The Kier molecular flexibility index (Phi) is 2.15. The Morgan fingerprint density at radius 1 is 1.80 bits per heavy atom. The Bertz CT molecular complexity index is 221. The van der Waals surface area contributed by atoms with Gasteiger partial charge < -0.3 is 4.79 Å². The maximum Gasteiger partial charge on any atom is 0.126 e. The molecule has 0 fully saturated rings. The number of hydrogen-bond donors (Lipinski definition) is 0. The highest BCUT2D eigenvalue weighted by atomic mass is 19.2. The van der Waals surface area contributed by atoms with E-state index in [0.717, 1.165) is 12.6 Å². The molecule has 1 heterocycles. The van der Waals surface area contributed by atoms with Gasteiger partial charge in [0.25, 0.3) is 0 Å². The second kappa shape index (κ2) is 3.10. The number of carbonyl (C=O) groups is 1. The van der Waals surface area contributed by atoms with Crippen LogP contribution in [0.25, 0.3) is 0 Å². The Morgan fingerprint density at radius 3 is 3.10 bits per heavy atom. The Morgan fingerprint density at radius 2 is 2.60 bits per heavy atom. The van der Waals surface area contributed by atoms with Gasteiger partial charge in [-0.15, -0.1) is 0 Å². The van der Waals surface area contributed by atoms with Crippen LogP contribution in [0, 0.1) is 0 Å². The van der Waals surface area contributed by atoms with Crippen molar-refractivity contribution in [1.29, 1.82) is 0 Å². The van der Waals surface area contributed by atoms with E-state index in [-0.39, 0.29) is 0 Å². The molecule has 0 aliphatic carbocycles. The summed E-state index contributed by atoms with van der Waals surface area (Å²) < 4.78 is 12.4. The minimum Gasteiger partial charge on any atom is -0.303 e. The van der Waals surface area contributed by atoms with Gasteiger partial charge in [-0.2, -0.15) is 4.79 Å². The lowest BCUT2D eigenvalue weighted by atomic mass is 10.3. The van der Waals surface area contributed by atoms with Crippen molar-refractivity contribution < 1.29 is 9.28 Å². The number of nitrogens with zero attached hydrogens (tertiary/aromatic N) is 2. The summed E-state index contributed by atoms with van der Waals surface area (Å²) in [6, 6.07) is 0. The molecule has 0 aromatic carbocycles. The monoisotopic (exact) mass is 142 g/mol. The molecule has 10 heavy (non-hydrogen) atoms. The molecule has 0 aliphatic rings. The number of carbonyl (C=O) groups excluding carboxylic acids is 1. The van der Waals surface area contributed by atoms with E-state index in [4.69, 9.17) is 0 Å². The molecule has 0 radical (unpaired) electrons. The van der Waals surface area contributed by atoms with Crippen LogP contribution in [0.5, 0.6) is 0 Å². The van der Waals surface area contributed by atoms with Crippen LogP contribution in [0.4, 0.5) is 4.48 Å². The fraction of sp³-hybridized carbons (Fsp3) is 0.333. The topological polar surface area (TPSA) is 34.9 Å². The molecule has 54 valence electrons. The lowest BCUT2D eigenvalue weighted by molar-refractivity contribution is -0.107. The van der Waals surface area contributed by atoms with Gasteiger partial charge in [0.2, 0.25) is 0 Å². The molecule has 0 bridgehead atoms. The Hall–Kier alpha value is -1.19. The molecule has 0 saturated carbocycles. The van der Waals surface area contributed by atoms with E-state index in [1.54, 1.807) is 0 Å². The van der Waals surface area contributed by atoms with Crippen molar-refractivity contribution >= 4 is 6.29 Å². The van der Waals surface area contributed by atoms with E-state index < -0.39 is 0 Å². The van der Waals surface area contributed by atoms with Gasteiger partial charge in [0, 0.05) is 6.42 Å². The smallest absolute Gasteiger partial charge is 0.126 e. The molecule has 1 aromatic heterocycles. The predicted molar refractivity (Wildman–Crippen MR) is 33.1 cm³/mol. The minimum absolute atomic E-state index is 0.343. The number of aryl methyl sites for hydroxylation is 1. The standard InChI is InChI=1S/C6H7FN2O/c7-9-5-8-4-6(9)2-1-3-10/h3-5H,1-2H2. The molecule has 0 saturated heterocycles. The summed E-state index contributed by atoms with van der Waals surface area (Å²) in [4.78, 5) is 13.8. The van der Waals surface area contributed by atoms with E-state index in [1.807, 2.05) is 0 Å². The molecule has 0 unspecified atom stereocenters. The molecule has 0 aliphatic heterocycles. The van der Waals surface area contributed by atoms with Gasteiger partial charge in [-0.1, -0.05) is 4.48 Å². The minimum atomic E-state index is 0.343. The van der Waals surface area contributed by atoms with Crippen molar-refractivity contribution in [2.24, 2.45) is 0 Å². The Balaban J connectivity index is 2.56. The highest BCUT2D eigenvalue weighted by molar-refractivity contribution is 5.49. The van der Waals surface area contributed by atoms with Gasteiger partial charge in [0.15, 0.2) is 0 Å². The SMILES string of the molecule is O=CCCc1cncn1F. The van der Waals surface area contributed by atoms with Crippen molar-refractivity contribution in [3.63, 3.8) is 0 Å². The third-order valence-electron chi connectivity index (χ3n) is 1.18. The first-order chi connectivity index (χ1) is 4.84. The summed E-state index contributed by atoms with van der Waals surface area (Å²) in [6.07, 6.45) is 3.99. The molecule has 3 nitrogen and oxygen atoms in total. The molecule has 1 aromatic rings. The van der Waals surface area contributed by atoms with E-state index in [1.165, 1.54) is 6.20 Å². The van der Waals surface area contributed by atoms with Crippen LogP contribution in [-0.2, 0) is 11.2 Å². The molecule has 0 atom stereocenters. The van der Waals surface area contributed by atoms with E-state index in [2.05, 4.69) is 4.98 Å². The second-order valence-electron chi connectivity index (χ2n) is 1.90. The van der Waals surface area contributed by atoms with Crippen molar-refractivity contribution in [3.8, 4) is 0 Å². The summed E-state index contributed by atoms with van der Waals surface area (Å²) in [5.41, 5.74) is 0.437. The van der Waals surface area contributed by atoms with Crippen LogP contribution in [0.1, 0.15) is 12.1 Å². The van der Waals surface area contributed by atoms with Crippen LogP contribution >= 0.6 is 0 Å². The third-order valence-corrected chi connectivity index (χ3v) is 1.18. The van der Waals surface area contributed by atoms with Crippen LogP contribution in [0.2, 0.25) is 0 Å². The van der Waals surface area contributed by atoms with E-state index in [0.29, 0.717) is 23.3 Å². The fourth-order valence-electron chi connectivity index (χ4n) is 0.685. The molecular weight excluding hydrogens is 135 g/mol. The molecule has 0 amide bonds. The number of aldehydes is 1. The lowest BCUT2D eigenvalue weighted by Gasteiger charge is -1.91. The molecule has 0 N–H and O–H groups in total. The summed E-state index contributed by atoms with van der Waals surface area (Å²) >= 11 is 0. The maximum atomic E-state index is 12.4. The normalized spacial score (nSPS) is 9.70. The number of rotatable bonds is 3. The van der Waals surface area contributed by atoms with Crippen LogP contribution < -0.4 is 0 Å². The largest absolute Gasteiger partial charge is 0.303 e. The zero-order chi connectivity index (χ0) is 7.40. The van der Waals surface area contributed by atoms with Gasteiger partial charge in [-0.05, 0) is 6.42 Å². The van der Waals surface area contributed by atoms with Crippen LogP contribution in [-0.4, -0.2) is 16.1 Å². The number of hydrogen-bond acceptors (Lipinski definition) is 2. The quantitative estimate of drug-likeness (QED) is 0.583. The second-order valence-corrected chi connectivity index (χ2v) is 1.90. The van der Waals surface area contributed by atoms with Gasteiger partial charge >= 0.3 is 0 Å². The first kappa shape index (κ1) is 6.92. The van der Waals surface area contributed by atoms with Crippen molar-refractivity contribution in [2.75, 3.05) is 0 Å². The van der Waals surface area contributed by atoms with Crippen LogP contribution in [0.3, 0.4) is 0 Å². The van der Waals surface area contributed by atoms with Crippen LogP contribution in [0.15, 0.2) is 12.5 Å². The first-order valence-corrected chi connectivity index (χ1v) is 2.95. The van der Waals surface area contributed by atoms with E-state index >= 15 is 0 Å². The lowest BCUT2D eigenvalue weighted by Crippen LogP contribution is -1.91. The average Bonchev–Trinajstić information content (AvgIpc) is 2.31. The third kappa shape index (κ3) is 1.40. The highest BCUT2D eigenvalue weighted by Gasteiger charge is 1.98. The maximum absolute atomic E-state index is 12.4. The summed E-state index contributed by atoms with van der Waals surface area (Å²) in [5, 5.41) is 0. The number of imidazole rings is 1. The fourth-order valence-corrected chi connectivity index (χ4v) is 0.685. The molecular formula is C6H7FN2O.